The molecule has 104 valence electrons. The van der Waals surface area contributed by atoms with Crippen LogP contribution in [-0.4, -0.2) is 11.1 Å². The van der Waals surface area contributed by atoms with E-state index in [9.17, 15) is 4.79 Å². The SMILES string of the molecule is Cc1cccc(SCc2ccccc2CC(=O)O)c1N. The van der Waals surface area contributed by atoms with Crippen LogP contribution in [0.1, 0.15) is 16.7 Å². The maximum atomic E-state index is 10.9. The fourth-order valence-corrected chi connectivity index (χ4v) is 3.05. The second-order valence-electron chi connectivity index (χ2n) is 4.61. The minimum atomic E-state index is -0.808. The molecule has 3 nitrogen and oxygen atoms in total. The molecule has 0 radical (unpaired) electrons. The number of benzene rings is 2. The molecule has 2 rings (SSSR count). The highest BCUT2D eigenvalue weighted by atomic mass is 32.2. The normalized spacial score (nSPS) is 10.4. The van der Waals surface area contributed by atoms with E-state index in [4.69, 9.17) is 10.8 Å². The first kappa shape index (κ1) is 14.5. The monoisotopic (exact) mass is 287 g/mol. The van der Waals surface area contributed by atoms with Gasteiger partial charge in [-0.1, -0.05) is 36.4 Å². The van der Waals surface area contributed by atoms with Crippen LogP contribution in [0.2, 0.25) is 0 Å². The first-order valence-corrected chi connectivity index (χ1v) is 7.33. The number of aliphatic carboxylic acids is 1. The molecule has 2 aromatic rings. The van der Waals surface area contributed by atoms with Crippen LogP contribution in [0.5, 0.6) is 0 Å². The summed E-state index contributed by atoms with van der Waals surface area (Å²) in [5.74, 6) is -0.0885. The molecule has 4 heteroatoms. The summed E-state index contributed by atoms with van der Waals surface area (Å²) in [7, 11) is 0. The van der Waals surface area contributed by atoms with Gasteiger partial charge in [0.05, 0.1) is 6.42 Å². The fourth-order valence-electron chi connectivity index (χ4n) is 1.97. The van der Waals surface area contributed by atoms with Gasteiger partial charge in [0.2, 0.25) is 0 Å². The molecule has 0 saturated carbocycles. The van der Waals surface area contributed by atoms with Crippen molar-refractivity contribution in [2.45, 2.75) is 24.0 Å². The zero-order valence-electron chi connectivity index (χ0n) is 11.3. The molecule has 0 fully saturated rings. The summed E-state index contributed by atoms with van der Waals surface area (Å²) in [5.41, 5.74) is 9.82. The second kappa shape index (κ2) is 6.48. The third-order valence-electron chi connectivity index (χ3n) is 3.13. The topological polar surface area (TPSA) is 63.3 Å². The van der Waals surface area contributed by atoms with Crippen LogP contribution < -0.4 is 5.73 Å². The third-order valence-corrected chi connectivity index (χ3v) is 4.25. The number of hydrogen-bond acceptors (Lipinski definition) is 3. The molecule has 3 N–H and O–H groups in total. The van der Waals surface area contributed by atoms with Crippen LogP contribution in [0.25, 0.3) is 0 Å². The van der Waals surface area contributed by atoms with Crippen molar-refractivity contribution in [3.8, 4) is 0 Å². The number of aryl methyl sites for hydroxylation is 1. The van der Waals surface area contributed by atoms with Crippen molar-refractivity contribution in [3.63, 3.8) is 0 Å². The molecule has 0 spiro atoms. The number of carboxylic acids is 1. The van der Waals surface area contributed by atoms with Crippen LogP contribution in [-0.2, 0) is 17.0 Å². The van der Waals surface area contributed by atoms with Gasteiger partial charge in [-0.15, -0.1) is 11.8 Å². The van der Waals surface area contributed by atoms with E-state index < -0.39 is 5.97 Å². The van der Waals surface area contributed by atoms with E-state index >= 15 is 0 Å². The van der Waals surface area contributed by atoms with Crippen molar-refractivity contribution in [3.05, 3.63) is 59.2 Å². The quantitative estimate of drug-likeness (QED) is 0.652. The summed E-state index contributed by atoms with van der Waals surface area (Å²) in [6, 6.07) is 13.6. The zero-order valence-corrected chi connectivity index (χ0v) is 12.1. The van der Waals surface area contributed by atoms with Gasteiger partial charge in [0.1, 0.15) is 0 Å². The molecule has 0 atom stereocenters. The molecule has 0 aliphatic carbocycles. The van der Waals surface area contributed by atoms with Crippen LogP contribution in [0.3, 0.4) is 0 Å². The van der Waals surface area contributed by atoms with Gasteiger partial charge >= 0.3 is 5.97 Å². The summed E-state index contributed by atoms with van der Waals surface area (Å²) >= 11 is 1.64. The third kappa shape index (κ3) is 3.54. The second-order valence-corrected chi connectivity index (χ2v) is 5.63. The molecule has 2 aromatic carbocycles. The highest BCUT2D eigenvalue weighted by Crippen LogP contribution is 2.30. The van der Waals surface area contributed by atoms with E-state index in [1.54, 1.807) is 11.8 Å². The van der Waals surface area contributed by atoms with Crippen LogP contribution >= 0.6 is 11.8 Å². The van der Waals surface area contributed by atoms with Gasteiger partial charge in [-0.05, 0) is 29.7 Å². The van der Waals surface area contributed by atoms with Crippen molar-refractivity contribution in [1.29, 1.82) is 0 Å². The Hall–Kier alpha value is -1.94. The minimum absolute atomic E-state index is 0.0556. The van der Waals surface area contributed by atoms with Crippen molar-refractivity contribution in [2.24, 2.45) is 0 Å². The number of nitrogen functional groups attached to an aromatic ring is 1. The predicted molar refractivity (Wildman–Crippen MR) is 82.9 cm³/mol. The fraction of sp³-hybridized carbons (Fsp3) is 0.188. The number of thioether (sulfide) groups is 1. The molecule has 0 heterocycles. The number of rotatable bonds is 5. The van der Waals surface area contributed by atoms with Gasteiger partial charge in [0, 0.05) is 16.3 Å². The molecule has 20 heavy (non-hydrogen) atoms. The Bertz CT molecular complexity index is 626. The zero-order chi connectivity index (χ0) is 14.5. The van der Waals surface area contributed by atoms with Crippen LogP contribution in [0, 0.1) is 6.92 Å². The van der Waals surface area contributed by atoms with E-state index in [2.05, 4.69) is 0 Å². The number of para-hydroxylation sites is 1. The Morgan fingerprint density at radius 2 is 1.85 bits per heavy atom. The van der Waals surface area contributed by atoms with Crippen molar-refractivity contribution in [1.82, 2.24) is 0 Å². The van der Waals surface area contributed by atoms with Gasteiger partial charge in [0.15, 0.2) is 0 Å². The lowest BCUT2D eigenvalue weighted by molar-refractivity contribution is -0.136. The number of carboxylic acid groups (broad SMARTS) is 1. The predicted octanol–water partition coefficient (Wildman–Crippen LogP) is 3.50. The first-order valence-electron chi connectivity index (χ1n) is 6.34. The Morgan fingerprint density at radius 1 is 1.15 bits per heavy atom. The van der Waals surface area contributed by atoms with E-state index in [-0.39, 0.29) is 6.42 Å². The Balaban J connectivity index is 2.15. The Kier molecular flexibility index (Phi) is 4.69. The van der Waals surface area contributed by atoms with E-state index in [0.717, 1.165) is 33.0 Å². The molecule has 0 unspecified atom stereocenters. The van der Waals surface area contributed by atoms with Crippen molar-refractivity contribution < 1.29 is 9.90 Å². The summed E-state index contributed by atoms with van der Waals surface area (Å²) in [6.07, 6.45) is 0.0556. The maximum absolute atomic E-state index is 10.9. The van der Waals surface area contributed by atoms with E-state index in [1.165, 1.54) is 0 Å². The number of anilines is 1. The highest BCUT2D eigenvalue weighted by Gasteiger charge is 2.08. The largest absolute Gasteiger partial charge is 0.481 e. The number of hydrogen-bond donors (Lipinski definition) is 2. The molecular weight excluding hydrogens is 270 g/mol. The molecule has 0 aliphatic heterocycles. The lowest BCUT2D eigenvalue weighted by Gasteiger charge is -2.10. The van der Waals surface area contributed by atoms with Crippen molar-refractivity contribution >= 4 is 23.4 Å². The van der Waals surface area contributed by atoms with Crippen molar-refractivity contribution in [2.75, 3.05) is 5.73 Å². The first-order chi connectivity index (χ1) is 9.58. The minimum Gasteiger partial charge on any atom is -0.481 e. The molecule has 0 aliphatic rings. The van der Waals surface area contributed by atoms with Gasteiger partial charge in [-0.25, -0.2) is 0 Å². The average Bonchev–Trinajstić information content (AvgIpc) is 2.41. The summed E-state index contributed by atoms with van der Waals surface area (Å²) in [4.78, 5) is 11.9. The number of carbonyl (C=O) groups is 1. The molecule has 0 amide bonds. The lowest BCUT2D eigenvalue weighted by atomic mass is 10.1. The number of nitrogens with two attached hydrogens (primary N) is 1. The van der Waals surface area contributed by atoms with Gasteiger partial charge < -0.3 is 10.8 Å². The standard InChI is InChI=1S/C16H17NO2S/c1-11-5-4-8-14(16(11)17)20-10-13-7-3-2-6-12(13)9-15(18)19/h2-8H,9-10,17H2,1H3,(H,18,19). The summed E-state index contributed by atoms with van der Waals surface area (Å²) in [6.45, 7) is 1.98. The van der Waals surface area contributed by atoms with E-state index in [0.29, 0.717) is 0 Å². The molecule has 0 aromatic heterocycles. The maximum Gasteiger partial charge on any atom is 0.307 e. The average molecular weight is 287 g/mol. The van der Waals surface area contributed by atoms with Gasteiger partial charge in [0.25, 0.3) is 0 Å². The summed E-state index contributed by atoms with van der Waals surface area (Å²) < 4.78 is 0. The van der Waals surface area contributed by atoms with Crippen LogP contribution in [0.4, 0.5) is 5.69 Å². The highest BCUT2D eigenvalue weighted by molar-refractivity contribution is 7.98. The summed E-state index contributed by atoms with van der Waals surface area (Å²) in [5, 5.41) is 8.93. The van der Waals surface area contributed by atoms with Gasteiger partial charge in [-0.3, -0.25) is 4.79 Å². The van der Waals surface area contributed by atoms with Gasteiger partial charge in [-0.2, -0.15) is 0 Å². The molecule has 0 saturated heterocycles. The smallest absolute Gasteiger partial charge is 0.307 e. The van der Waals surface area contributed by atoms with E-state index in [1.807, 2.05) is 49.4 Å². The van der Waals surface area contributed by atoms with Crippen LogP contribution in [0.15, 0.2) is 47.4 Å². The Morgan fingerprint density at radius 3 is 2.55 bits per heavy atom. The lowest BCUT2D eigenvalue weighted by Crippen LogP contribution is -2.03. The molecule has 0 bridgehead atoms. The Labute approximate surface area is 122 Å². The molecular formula is C16H17NO2S.